The number of likely N-dealkylation sites (tertiary alicyclic amines) is 1. The second-order valence-electron chi connectivity index (χ2n) is 7.21. The molecule has 2 aliphatic heterocycles. The van der Waals surface area contributed by atoms with Crippen LogP contribution in [0.3, 0.4) is 0 Å². The van der Waals surface area contributed by atoms with Gasteiger partial charge in [-0.3, -0.25) is 14.5 Å². The molecule has 4 rings (SSSR count). The zero-order valence-electron chi connectivity index (χ0n) is 15.3. The lowest BCUT2D eigenvalue weighted by molar-refractivity contribution is -0.134. The first-order valence-electron chi connectivity index (χ1n) is 9.33. The fourth-order valence-corrected chi connectivity index (χ4v) is 5.31. The van der Waals surface area contributed by atoms with Crippen molar-refractivity contribution in [2.45, 2.75) is 31.8 Å². The van der Waals surface area contributed by atoms with Crippen LogP contribution in [0.4, 0.5) is 5.69 Å². The first-order chi connectivity index (χ1) is 13.5. The van der Waals surface area contributed by atoms with Crippen LogP contribution in [0.25, 0.3) is 0 Å². The van der Waals surface area contributed by atoms with Crippen molar-refractivity contribution >= 4 is 52.0 Å². The Bertz CT molecular complexity index is 881. The van der Waals surface area contributed by atoms with Gasteiger partial charge in [0.25, 0.3) is 0 Å². The Morgan fingerprint density at radius 3 is 2.75 bits per heavy atom. The maximum absolute atomic E-state index is 12.8. The molecule has 0 bridgehead atoms. The van der Waals surface area contributed by atoms with Gasteiger partial charge >= 0.3 is 0 Å². The molecule has 1 unspecified atom stereocenters. The van der Waals surface area contributed by atoms with Crippen LogP contribution >= 0.6 is 34.5 Å². The summed E-state index contributed by atoms with van der Waals surface area (Å²) in [5, 5.41) is 5.91. The van der Waals surface area contributed by atoms with Crippen molar-refractivity contribution in [3.05, 3.63) is 50.1 Å². The lowest BCUT2D eigenvalue weighted by atomic mass is 10.1. The van der Waals surface area contributed by atoms with Gasteiger partial charge in [0, 0.05) is 33.7 Å². The molecular weight excluding hydrogens is 417 g/mol. The summed E-state index contributed by atoms with van der Waals surface area (Å²) in [5.74, 6) is -0.0373. The molecule has 1 aromatic heterocycles. The number of nitrogens with one attached hydrogen (secondary N) is 1. The number of nitrogens with zero attached hydrogens (tertiary/aromatic N) is 2. The highest BCUT2D eigenvalue weighted by atomic mass is 35.5. The van der Waals surface area contributed by atoms with Gasteiger partial charge in [-0.25, -0.2) is 0 Å². The van der Waals surface area contributed by atoms with Crippen molar-refractivity contribution < 1.29 is 9.59 Å². The van der Waals surface area contributed by atoms with E-state index in [0.29, 0.717) is 22.3 Å². The van der Waals surface area contributed by atoms with E-state index >= 15 is 0 Å². The average molecular weight is 438 g/mol. The molecule has 5 nitrogen and oxygen atoms in total. The van der Waals surface area contributed by atoms with E-state index in [1.54, 1.807) is 29.5 Å². The van der Waals surface area contributed by atoms with E-state index < -0.39 is 0 Å². The van der Waals surface area contributed by atoms with E-state index in [1.807, 2.05) is 9.80 Å². The van der Waals surface area contributed by atoms with Crippen molar-refractivity contribution in [1.82, 2.24) is 9.80 Å². The van der Waals surface area contributed by atoms with E-state index in [9.17, 15) is 9.59 Å². The van der Waals surface area contributed by atoms with Crippen LogP contribution in [0.5, 0.6) is 0 Å². The molecule has 1 aromatic carbocycles. The standard InChI is InChI=1S/C20H21Cl2N3O2S/c21-14-8-15(22)10-16(9-14)23-20(27)17-2-1-5-24(17)12-19(26)25-6-3-18-13(11-25)4-7-28-18/h4,7-10,17H,1-3,5-6,11-12H2,(H,23,27). The van der Waals surface area contributed by atoms with E-state index in [1.165, 1.54) is 10.4 Å². The van der Waals surface area contributed by atoms with Gasteiger partial charge in [-0.2, -0.15) is 0 Å². The molecule has 1 saturated heterocycles. The van der Waals surface area contributed by atoms with Gasteiger partial charge in [0.15, 0.2) is 0 Å². The quantitative estimate of drug-likeness (QED) is 0.784. The smallest absolute Gasteiger partial charge is 0.241 e. The van der Waals surface area contributed by atoms with Gasteiger partial charge in [-0.15, -0.1) is 11.3 Å². The lowest BCUT2D eigenvalue weighted by Crippen LogP contribution is -2.47. The highest BCUT2D eigenvalue weighted by Gasteiger charge is 2.33. The summed E-state index contributed by atoms with van der Waals surface area (Å²) >= 11 is 13.8. The predicted molar refractivity (Wildman–Crippen MR) is 113 cm³/mol. The number of halogens is 2. The number of thiophene rings is 1. The zero-order chi connectivity index (χ0) is 19.7. The van der Waals surface area contributed by atoms with Crippen LogP contribution in [0.2, 0.25) is 10.0 Å². The Balaban J connectivity index is 1.38. The van der Waals surface area contributed by atoms with E-state index in [2.05, 4.69) is 16.8 Å². The number of amides is 2. The first-order valence-corrected chi connectivity index (χ1v) is 11.0. The highest BCUT2D eigenvalue weighted by molar-refractivity contribution is 7.10. The Hall–Kier alpha value is -1.60. The largest absolute Gasteiger partial charge is 0.337 e. The molecule has 8 heteroatoms. The number of rotatable bonds is 4. The molecule has 2 aliphatic rings. The molecule has 2 amide bonds. The number of anilines is 1. The average Bonchev–Trinajstić information content (AvgIpc) is 3.28. The molecular formula is C20H21Cl2N3O2S. The molecule has 0 aliphatic carbocycles. The van der Waals surface area contributed by atoms with Crippen LogP contribution in [0.1, 0.15) is 23.3 Å². The van der Waals surface area contributed by atoms with Crippen LogP contribution in [-0.4, -0.2) is 47.3 Å². The van der Waals surface area contributed by atoms with Crippen molar-refractivity contribution in [3.8, 4) is 0 Å². The van der Waals surface area contributed by atoms with Crippen LogP contribution < -0.4 is 5.32 Å². The van der Waals surface area contributed by atoms with Gasteiger partial charge in [0.1, 0.15) is 0 Å². The molecule has 0 radical (unpaired) electrons. The normalized spacial score (nSPS) is 19.5. The Labute approximate surface area is 178 Å². The SMILES string of the molecule is O=C(Nc1cc(Cl)cc(Cl)c1)C1CCCN1CC(=O)N1CCc2sccc2C1. The minimum Gasteiger partial charge on any atom is -0.337 e. The molecule has 1 N–H and O–H groups in total. The second-order valence-corrected chi connectivity index (χ2v) is 9.08. The number of fused-ring (bicyclic) bond motifs is 1. The molecule has 28 heavy (non-hydrogen) atoms. The summed E-state index contributed by atoms with van der Waals surface area (Å²) < 4.78 is 0. The number of hydrogen-bond donors (Lipinski definition) is 1. The van der Waals surface area contributed by atoms with Crippen LogP contribution in [-0.2, 0) is 22.6 Å². The third-order valence-electron chi connectivity index (χ3n) is 5.30. The summed E-state index contributed by atoms with van der Waals surface area (Å²) in [5.41, 5.74) is 1.82. The molecule has 1 atom stereocenters. The fourth-order valence-electron chi connectivity index (χ4n) is 3.90. The molecule has 2 aromatic rings. The number of benzene rings is 1. The molecule has 148 valence electrons. The van der Waals surface area contributed by atoms with Crippen molar-refractivity contribution in [3.63, 3.8) is 0 Å². The minimum atomic E-state index is -0.316. The fraction of sp³-hybridized carbons (Fsp3) is 0.400. The summed E-state index contributed by atoms with van der Waals surface area (Å²) in [6.07, 6.45) is 2.55. The van der Waals surface area contributed by atoms with E-state index in [-0.39, 0.29) is 24.4 Å². The van der Waals surface area contributed by atoms with Crippen molar-refractivity contribution in [2.75, 3.05) is 25.0 Å². The lowest BCUT2D eigenvalue weighted by Gasteiger charge is -2.30. The van der Waals surface area contributed by atoms with Gasteiger partial charge in [0.2, 0.25) is 11.8 Å². The van der Waals surface area contributed by atoms with E-state index in [4.69, 9.17) is 23.2 Å². The summed E-state index contributed by atoms with van der Waals surface area (Å²) in [7, 11) is 0. The summed E-state index contributed by atoms with van der Waals surface area (Å²) in [6.45, 7) is 2.44. The minimum absolute atomic E-state index is 0.0855. The third-order valence-corrected chi connectivity index (χ3v) is 6.75. The van der Waals surface area contributed by atoms with Gasteiger partial charge in [-0.05, 0) is 61.0 Å². The maximum atomic E-state index is 12.8. The predicted octanol–water partition coefficient (Wildman–Crippen LogP) is 4.04. The zero-order valence-corrected chi connectivity index (χ0v) is 17.6. The number of carbonyl (C=O) groups excluding carboxylic acids is 2. The molecule has 0 saturated carbocycles. The van der Waals surface area contributed by atoms with Crippen LogP contribution in [0.15, 0.2) is 29.6 Å². The van der Waals surface area contributed by atoms with Gasteiger partial charge in [-0.1, -0.05) is 23.2 Å². The van der Waals surface area contributed by atoms with Gasteiger partial charge < -0.3 is 10.2 Å². The first kappa shape index (κ1) is 19.7. The summed E-state index contributed by atoms with van der Waals surface area (Å²) in [6, 6.07) is 6.74. The molecule has 0 spiro atoms. The number of hydrogen-bond acceptors (Lipinski definition) is 4. The van der Waals surface area contributed by atoms with Crippen molar-refractivity contribution in [2.24, 2.45) is 0 Å². The maximum Gasteiger partial charge on any atom is 0.241 e. The third kappa shape index (κ3) is 4.35. The molecule has 3 heterocycles. The Morgan fingerprint density at radius 2 is 1.96 bits per heavy atom. The summed E-state index contributed by atoms with van der Waals surface area (Å²) in [4.78, 5) is 30.9. The monoisotopic (exact) mass is 437 g/mol. The van der Waals surface area contributed by atoms with Gasteiger partial charge in [0.05, 0.1) is 12.6 Å². The second kappa shape index (κ2) is 8.41. The highest BCUT2D eigenvalue weighted by Crippen LogP contribution is 2.26. The van der Waals surface area contributed by atoms with Crippen molar-refractivity contribution in [1.29, 1.82) is 0 Å². The number of carbonyl (C=O) groups is 2. The Kier molecular flexibility index (Phi) is 5.92. The van der Waals surface area contributed by atoms with Crippen LogP contribution in [0, 0.1) is 0 Å². The molecule has 1 fully saturated rings. The van der Waals surface area contributed by atoms with E-state index in [0.717, 1.165) is 32.4 Å². The topological polar surface area (TPSA) is 52.7 Å². The Morgan fingerprint density at radius 1 is 1.18 bits per heavy atom.